The molecule has 0 saturated heterocycles. The highest BCUT2D eigenvalue weighted by Gasteiger charge is 2.19. The fourth-order valence-corrected chi connectivity index (χ4v) is 2.21. The van der Waals surface area contributed by atoms with Crippen LogP contribution in [0.3, 0.4) is 0 Å². The highest BCUT2D eigenvalue weighted by Crippen LogP contribution is 2.34. The Morgan fingerprint density at radius 1 is 1.28 bits per heavy atom. The fraction of sp³-hybridized carbons (Fsp3) is 0.143. The maximum atomic E-state index is 13.6. The first-order valence-electron chi connectivity index (χ1n) is 5.77. The summed E-state index contributed by atoms with van der Waals surface area (Å²) in [5.41, 5.74) is 3.04. The number of carbonyl (C=O) groups is 1. The lowest BCUT2D eigenvalue weighted by Gasteiger charge is -2.20. The number of halogens is 1. The summed E-state index contributed by atoms with van der Waals surface area (Å²) in [6.07, 6.45) is 4.30. The van der Waals surface area contributed by atoms with E-state index in [2.05, 4.69) is 10.3 Å². The molecule has 3 nitrogen and oxygen atoms in total. The maximum Gasteiger partial charge on any atom is 0.224 e. The van der Waals surface area contributed by atoms with Gasteiger partial charge >= 0.3 is 0 Å². The van der Waals surface area contributed by atoms with Crippen LogP contribution in [0.1, 0.15) is 12.0 Å². The number of aromatic nitrogens is 1. The average molecular weight is 242 g/mol. The highest BCUT2D eigenvalue weighted by molar-refractivity contribution is 5.98. The normalized spacial score (nSPS) is 13.9. The first-order valence-corrected chi connectivity index (χ1v) is 5.77. The Hall–Kier alpha value is -2.23. The third kappa shape index (κ3) is 1.86. The molecule has 1 aliphatic heterocycles. The molecule has 0 radical (unpaired) electrons. The van der Waals surface area contributed by atoms with Crippen molar-refractivity contribution in [1.29, 1.82) is 0 Å². The monoisotopic (exact) mass is 242 g/mol. The number of pyridine rings is 1. The zero-order valence-electron chi connectivity index (χ0n) is 9.61. The minimum absolute atomic E-state index is 0.0285. The Morgan fingerprint density at radius 3 is 2.94 bits per heavy atom. The number of benzene rings is 1. The number of nitrogens with one attached hydrogen (secondary N) is 1. The van der Waals surface area contributed by atoms with E-state index in [9.17, 15) is 9.18 Å². The van der Waals surface area contributed by atoms with Crippen molar-refractivity contribution < 1.29 is 9.18 Å². The molecule has 2 heterocycles. The SMILES string of the molecule is O=C1CCc2cc(F)cc(-c3cccnc3)c2N1. The number of anilines is 1. The third-order valence-corrected chi connectivity index (χ3v) is 3.04. The molecular formula is C14H11FN2O. The van der Waals surface area contributed by atoms with E-state index >= 15 is 0 Å². The van der Waals surface area contributed by atoms with Crippen molar-refractivity contribution in [1.82, 2.24) is 4.98 Å². The van der Waals surface area contributed by atoms with Crippen molar-refractivity contribution in [3.05, 3.63) is 48.0 Å². The maximum absolute atomic E-state index is 13.6. The number of hydrogen-bond acceptors (Lipinski definition) is 2. The van der Waals surface area contributed by atoms with Gasteiger partial charge < -0.3 is 5.32 Å². The van der Waals surface area contributed by atoms with Gasteiger partial charge in [0.2, 0.25) is 5.91 Å². The zero-order valence-corrected chi connectivity index (χ0v) is 9.61. The number of aryl methyl sites for hydroxylation is 1. The van der Waals surface area contributed by atoms with Crippen molar-refractivity contribution >= 4 is 11.6 Å². The van der Waals surface area contributed by atoms with Crippen LogP contribution >= 0.6 is 0 Å². The summed E-state index contributed by atoms with van der Waals surface area (Å²) >= 11 is 0. The lowest BCUT2D eigenvalue weighted by Crippen LogP contribution is -2.20. The highest BCUT2D eigenvalue weighted by atomic mass is 19.1. The Kier molecular flexibility index (Phi) is 2.55. The van der Waals surface area contributed by atoms with Crippen LogP contribution < -0.4 is 5.32 Å². The molecule has 1 N–H and O–H groups in total. The first-order chi connectivity index (χ1) is 8.74. The number of nitrogens with zero attached hydrogens (tertiary/aromatic N) is 1. The molecule has 1 aromatic heterocycles. The van der Waals surface area contributed by atoms with E-state index in [0.717, 1.165) is 11.1 Å². The molecule has 4 heteroatoms. The number of amides is 1. The Morgan fingerprint density at radius 2 is 2.17 bits per heavy atom. The Labute approximate surface area is 104 Å². The molecule has 1 aliphatic rings. The molecule has 1 amide bonds. The molecule has 0 fully saturated rings. The topological polar surface area (TPSA) is 42.0 Å². The minimum atomic E-state index is -0.288. The summed E-state index contributed by atoms with van der Waals surface area (Å²) in [4.78, 5) is 15.5. The smallest absolute Gasteiger partial charge is 0.224 e. The number of fused-ring (bicyclic) bond motifs is 1. The lowest BCUT2D eigenvalue weighted by molar-refractivity contribution is -0.116. The quantitative estimate of drug-likeness (QED) is 0.835. The van der Waals surface area contributed by atoms with Crippen LogP contribution in [0.4, 0.5) is 10.1 Å². The van der Waals surface area contributed by atoms with Gasteiger partial charge in [0, 0.05) is 29.9 Å². The van der Waals surface area contributed by atoms with E-state index in [1.807, 2.05) is 6.07 Å². The van der Waals surface area contributed by atoms with Crippen molar-refractivity contribution in [3.63, 3.8) is 0 Å². The van der Waals surface area contributed by atoms with E-state index in [1.54, 1.807) is 18.5 Å². The van der Waals surface area contributed by atoms with Crippen molar-refractivity contribution in [3.8, 4) is 11.1 Å². The van der Waals surface area contributed by atoms with Crippen LogP contribution in [0, 0.1) is 5.82 Å². The molecular weight excluding hydrogens is 231 g/mol. The molecule has 0 unspecified atom stereocenters. The van der Waals surface area contributed by atoms with Gasteiger partial charge in [-0.25, -0.2) is 4.39 Å². The molecule has 2 aromatic rings. The predicted molar refractivity (Wildman–Crippen MR) is 66.6 cm³/mol. The van der Waals surface area contributed by atoms with Gasteiger partial charge in [0.15, 0.2) is 0 Å². The lowest BCUT2D eigenvalue weighted by atomic mass is 9.95. The number of carbonyl (C=O) groups excluding carboxylic acids is 1. The molecule has 1 aromatic carbocycles. The second-order valence-electron chi connectivity index (χ2n) is 4.28. The first kappa shape index (κ1) is 10.9. The van der Waals surface area contributed by atoms with Gasteiger partial charge in [-0.15, -0.1) is 0 Å². The van der Waals surface area contributed by atoms with Crippen LogP contribution in [-0.2, 0) is 11.2 Å². The van der Waals surface area contributed by atoms with Gasteiger partial charge in [0.25, 0.3) is 0 Å². The Bertz CT molecular complexity index is 611. The van der Waals surface area contributed by atoms with Gasteiger partial charge in [-0.1, -0.05) is 6.07 Å². The van der Waals surface area contributed by atoms with Crippen LogP contribution in [0.25, 0.3) is 11.1 Å². The van der Waals surface area contributed by atoms with Crippen LogP contribution in [0.2, 0.25) is 0 Å². The predicted octanol–water partition coefficient (Wildman–Crippen LogP) is 2.77. The molecule has 0 saturated carbocycles. The second-order valence-corrected chi connectivity index (χ2v) is 4.28. The molecule has 18 heavy (non-hydrogen) atoms. The summed E-state index contributed by atoms with van der Waals surface area (Å²) in [5, 5.41) is 2.82. The van der Waals surface area contributed by atoms with Crippen molar-refractivity contribution in [2.45, 2.75) is 12.8 Å². The molecule has 0 bridgehead atoms. The molecule has 0 aliphatic carbocycles. The Balaban J connectivity index is 2.20. The number of hydrogen-bond donors (Lipinski definition) is 1. The summed E-state index contributed by atoms with van der Waals surface area (Å²) in [7, 11) is 0. The van der Waals surface area contributed by atoms with Crippen LogP contribution in [0.15, 0.2) is 36.7 Å². The fourth-order valence-electron chi connectivity index (χ4n) is 2.21. The molecule has 90 valence electrons. The van der Waals surface area contributed by atoms with Gasteiger partial charge in [0.05, 0.1) is 5.69 Å². The van der Waals surface area contributed by atoms with E-state index in [-0.39, 0.29) is 11.7 Å². The van der Waals surface area contributed by atoms with E-state index in [1.165, 1.54) is 12.1 Å². The summed E-state index contributed by atoms with van der Waals surface area (Å²) in [5.74, 6) is -0.317. The number of rotatable bonds is 1. The minimum Gasteiger partial charge on any atom is -0.325 e. The van der Waals surface area contributed by atoms with Gasteiger partial charge in [-0.3, -0.25) is 9.78 Å². The molecule has 3 rings (SSSR count). The summed E-state index contributed by atoms with van der Waals surface area (Å²) < 4.78 is 13.6. The standard InChI is InChI=1S/C14H11FN2O/c15-11-6-9-3-4-13(18)17-14(9)12(7-11)10-2-1-5-16-8-10/h1-2,5-8H,3-4H2,(H,17,18). The largest absolute Gasteiger partial charge is 0.325 e. The zero-order chi connectivity index (χ0) is 12.5. The second kappa shape index (κ2) is 4.22. The van der Waals surface area contributed by atoms with Gasteiger partial charge in [-0.05, 0) is 30.2 Å². The van der Waals surface area contributed by atoms with Crippen LogP contribution in [-0.4, -0.2) is 10.9 Å². The molecule has 0 spiro atoms. The van der Waals surface area contributed by atoms with Crippen LogP contribution in [0.5, 0.6) is 0 Å². The average Bonchev–Trinajstić information content (AvgIpc) is 2.39. The summed E-state index contributed by atoms with van der Waals surface area (Å²) in [6, 6.07) is 6.55. The van der Waals surface area contributed by atoms with E-state index in [0.29, 0.717) is 24.1 Å². The van der Waals surface area contributed by atoms with Crippen molar-refractivity contribution in [2.24, 2.45) is 0 Å². The van der Waals surface area contributed by atoms with E-state index < -0.39 is 0 Å². The van der Waals surface area contributed by atoms with E-state index in [4.69, 9.17) is 0 Å². The summed E-state index contributed by atoms with van der Waals surface area (Å²) in [6.45, 7) is 0. The third-order valence-electron chi connectivity index (χ3n) is 3.04. The molecule has 0 atom stereocenters. The van der Waals surface area contributed by atoms with Gasteiger partial charge in [-0.2, -0.15) is 0 Å². The van der Waals surface area contributed by atoms with Crippen molar-refractivity contribution in [2.75, 3.05) is 5.32 Å². The van der Waals surface area contributed by atoms with Gasteiger partial charge in [0.1, 0.15) is 5.82 Å².